The Balaban J connectivity index is 1.49. The van der Waals surface area contributed by atoms with Crippen molar-refractivity contribution in [2.24, 2.45) is 0 Å². The lowest BCUT2D eigenvalue weighted by Crippen LogP contribution is -2.53. The van der Waals surface area contributed by atoms with Gasteiger partial charge in [-0.1, -0.05) is 60.7 Å². The van der Waals surface area contributed by atoms with E-state index in [0.717, 1.165) is 36.6 Å². The topological polar surface area (TPSA) is 46.9 Å². The molecule has 0 saturated carbocycles. The summed E-state index contributed by atoms with van der Waals surface area (Å²) in [6, 6.07) is 23.3. The average Bonchev–Trinajstić information content (AvgIpc) is 3.23. The maximum absolute atomic E-state index is 10.9. The highest BCUT2D eigenvalue weighted by Crippen LogP contribution is 2.31. The van der Waals surface area contributed by atoms with Crippen LogP contribution in [-0.4, -0.2) is 58.8 Å². The fraction of sp³-hybridized carbons (Fsp3) is 0.360. The van der Waals surface area contributed by atoms with Gasteiger partial charge in [0, 0.05) is 31.1 Å². The monoisotopic (exact) mass is 422 g/mol. The first-order valence-corrected chi connectivity index (χ1v) is 11.5. The fourth-order valence-corrected chi connectivity index (χ4v) is 5.37. The molecule has 4 nitrogen and oxygen atoms in total. The second-order valence-corrected chi connectivity index (χ2v) is 8.96. The molecule has 2 N–H and O–H groups in total. The van der Waals surface area contributed by atoms with E-state index in [-0.39, 0.29) is 18.7 Å². The largest absolute Gasteiger partial charge is 0.395 e. The number of aryl methyl sites for hydroxylation is 1. The summed E-state index contributed by atoms with van der Waals surface area (Å²) in [5.41, 5.74) is 3.75. The van der Waals surface area contributed by atoms with Crippen LogP contribution < -0.4 is 0 Å². The molecule has 158 valence electrons. The van der Waals surface area contributed by atoms with Gasteiger partial charge >= 0.3 is 0 Å². The lowest BCUT2D eigenvalue weighted by molar-refractivity contribution is -0.0117. The van der Waals surface area contributed by atoms with Crippen LogP contribution in [0.15, 0.2) is 72.1 Å². The van der Waals surface area contributed by atoms with Gasteiger partial charge in [0.05, 0.1) is 18.7 Å². The van der Waals surface area contributed by atoms with Crippen LogP contribution in [0.1, 0.15) is 33.7 Å². The lowest BCUT2D eigenvalue weighted by Gasteiger charge is -2.43. The Kier molecular flexibility index (Phi) is 6.97. The summed E-state index contributed by atoms with van der Waals surface area (Å²) in [6.45, 7) is 5.42. The molecule has 0 bridgehead atoms. The van der Waals surface area contributed by atoms with E-state index in [1.54, 1.807) is 11.3 Å². The van der Waals surface area contributed by atoms with E-state index >= 15 is 0 Å². The van der Waals surface area contributed by atoms with E-state index in [1.807, 2.05) is 13.0 Å². The Morgan fingerprint density at radius 1 is 0.867 bits per heavy atom. The van der Waals surface area contributed by atoms with Crippen LogP contribution >= 0.6 is 11.3 Å². The molecule has 4 rings (SSSR count). The molecular weight excluding hydrogens is 392 g/mol. The first-order valence-electron chi connectivity index (χ1n) is 10.6. The lowest BCUT2D eigenvalue weighted by atomic mass is 9.96. The molecule has 0 spiro atoms. The first-order chi connectivity index (χ1) is 14.7. The Morgan fingerprint density at radius 3 is 1.87 bits per heavy atom. The molecule has 3 aromatic rings. The molecule has 0 radical (unpaired) electrons. The number of aliphatic hydroxyl groups is 2. The Hall–Kier alpha value is -2.02. The van der Waals surface area contributed by atoms with Crippen molar-refractivity contribution in [3.8, 4) is 0 Å². The summed E-state index contributed by atoms with van der Waals surface area (Å²) in [5, 5.41) is 23.0. The minimum Gasteiger partial charge on any atom is -0.395 e. The van der Waals surface area contributed by atoms with Crippen LogP contribution in [0, 0.1) is 6.92 Å². The van der Waals surface area contributed by atoms with Crippen molar-refractivity contribution in [3.05, 3.63) is 93.7 Å². The number of hydrogen-bond donors (Lipinski definition) is 2. The number of rotatable bonds is 7. The summed E-state index contributed by atoms with van der Waals surface area (Å²) in [7, 11) is 0. The molecule has 0 amide bonds. The van der Waals surface area contributed by atoms with Crippen LogP contribution in [0.25, 0.3) is 0 Å². The fourth-order valence-electron chi connectivity index (χ4n) is 4.43. The normalized spacial score (nSPS) is 17.9. The van der Waals surface area contributed by atoms with Crippen molar-refractivity contribution in [2.45, 2.75) is 25.1 Å². The zero-order valence-electron chi connectivity index (χ0n) is 17.4. The van der Waals surface area contributed by atoms with Crippen molar-refractivity contribution in [3.63, 3.8) is 0 Å². The minimum atomic E-state index is -0.653. The van der Waals surface area contributed by atoms with E-state index < -0.39 is 6.10 Å². The maximum atomic E-state index is 10.9. The molecule has 0 aliphatic carbocycles. The third kappa shape index (κ3) is 4.66. The van der Waals surface area contributed by atoms with Crippen LogP contribution in [0.3, 0.4) is 0 Å². The highest BCUT2D eigenvalue weighted by molar-refractivity contribution is 7.10. The SMILES string of the molecule is Cc1csc([C@@H](O)[C@H](CO)N2CCN(C(c3ccccc3)c3ccccc3)CC2)c1. The summed E-state index contributed by atoms with van der Waals surface area (Å²) in [6.07, 6.45) is -0.653. The molecular formula is C25H30N2O2S. The van der Waals surface area contributed by atoms with Gasteiger partial charge in [-0.15, -0.1) is 11.3 Å². The predicted octanol–water partition coefficient (Wildman–Crippen LogP) is 3.86. The molecule has 1 fully saturated rings. The van der Waals surface area contributed by atoms with Crippen LogP contribution in [0.5, 0.6) is 0 Å². The van der Waals surface area contributed by atoms with Crippen LogP contribution in [0.2, 0.25) is 0 Å². The molecule has 1 saturated heterocycles. The van der Waals surface area contributed by atoms with E-state index in [2.05, 4.69) is 75.8 Å². The van der Waals surface area contributed by atoms with E-state index in [1.165, 1.54) is 11.1 Å². The van der Waals surface area contributed by atoms with Gasteiger partial charge in [0.25, 0.3) is 0 Å². The highest BCUT2D eigenvalue weighted by Gasteiger charge is 2.32. The number of nitrogens with zero attached hydrogens (tertiary/aromatic N) is 2. The van der Waals surface area contributed by atoms with Gasteiger partial charge in [0.15, 0.2) is 0 Å². The minimum absolute atomic E-state index is 0.0427. The molecule has 5 heteroatoms. The second kappa shape index (κ2) is 9.86. The Morgan fingerprint density at radius 2 is 1.40 bits per heavy atom. The molecule has 2 atom stereocenters. The number of thiophene rings is 1. The Bertz CT molecular complexity index is 868. The van der Waals surface area contributed by atoms with Gasteiger partial charge < -0.3 is 10.2 Å². The third-order valence-electron chi connectivity index (χ3n) is 6.01. The van der Waals surface area contributed by atoms with Gasteiger partial charge in [-0.05, 0) is 35.1 Å². The van der Waals surface area contributed by atoms with Crippen molar-refractivity contribution in [2.75, 3.05) is 32.8 Å². The summed E-state index contributed by atoms with van der Waals surface area (Å²) < 4.78 is 0. The molecule has 2 aromatic carbocycles. The molecule has 0 unspecified atom stereocenters. The van der Waals surface area contributed by atoms with Gasteiger partial charge in [0.2, 0.25) is 0 Å². The van der Waals surface area contributed by atoms with Crippen LogP contribution in [0.4, 0.5) is 0 Å². The number of benzene rings is 2. The van der Waals surface area contributed by atoms with Crippen molar-refractivity contribution < 1.29 is 10.2 Å². The zero-order chi connectivity index (χ0) is 20.9. The molecule has 30 heavy (non-hydrogen) atoms. The van der Waals surface area contributed by atoms with Crippen molar-refractivity contribution in [1.29, 1.82) is 0 Å². The van der Waals surface area contributed by atoms with Crippen LogP contribution in [-0.2, 0) is 0 Å². The molecule has 1 aromatic heterocycles. The second-order valence-electron chi connectivity index (χ2n) is 8.02. The summed E-state index contributed by atoms with van der Waals surface area (Å²) >= 11 is 1.57. The number of piperazine rings is 1. The van der Waals surface area contributed by atoms with Gasteiger partial charge in [-0.3, -0.25) is 9.80 Å². The summed E-state index contributed by atoms with van der Waals surface area (Å²) in [4.78, 5) is 5.68. The average molecular weight is 423 g/mol. The highest BCUT2D eigenvalue weighted by atomic mass is 32.1. The smallest absolute Gasteiger partial charge is 0.106 e. The van der Waals surface area contributed by atoms with Gasteiger partial charge in [-0.25, -0.2) is 0 Å². The number of aliphatic hydroxyl groups excluding tert-OH is 2. The predicted molar refractivity (Wildman–Crippen MR) is 123 cm³/mol. The van der Waals surface area contributed by atoms with Crippen molar-refractivity contribution >= 4 is 11.3 Å². The van der Waals surface area contributed by atoms with E-state index in [4.69, 9.17) is 0 Å². The first kappa shape index (κ1) is 21.2. The van der Waals surface area contributed by atoms with Crippen molar-refractivity contribution in [1.82, 2.24) is 9.80 Å². The van der Waals surface area contributed by atoms with Gasteiger partial charge in [0.1, 0.15) is 6.10 Å². The zero-order valence-corrected chi connectivity index (χ0v) is 18.2. The molecule has 1 aliphatic heterocycles. The standard InChI is InChI=1S/C25H30N2O2S/c1-19-16-23(30-18-19)25(29)22(17-28)26-12-14-27(15-13-26)24(20-8-4-2-5-9-20)21-10-6-3-7-11-21/h2-11,16,18,22,24-25,28-29H,12-15,17H2,1H3/t22-,25-/m0/s1. The maximum Gasteiger partial charge on any atom is 0.106 e. The quantitative estimate of drug-likeness (QED) is 0.607. The summed E-state index contributed by atoms with van der Waals surface area (Å²) in [5.74, 6) is 0. The molecule has 2 heterocycles. The molecule has 1 aliphatic rings. The third-order valence-corrected chi connectivity index (χ3v) is 7.13. The van der Waals surface area contributed by atoms with E-state index in [9.17, 15) is 10.2 Å². The van der Waals surface area contributed by atoms with Gasteiger partial charge in [-0.2, -0.15) is 0 Å². The number of hydrogen-bond acceptors (Lipinski definition) is 5. The van der Waals surface area contributed by atoms with E-state index in [0.29, 0.717) is 0 Å². The Labute approximate surface area is 183 Å².